The Bertz CT molecular complexity index is 180. The van der Waals surface area contributed by atoms with Crippen LogP contribution in [0.4, 0.5) is 0 Å². The fraction of sp³-hybridized carbons (Fsp3) is 0.900. The third-order valence-electron chi connectivity index (χ3n) is 2.53. The van der Waals surface area contributed by atoms with Gasteiger partial charge < -0.3 is 10.6 Å². The van der Waals surface area contributed by atoms with Crippen molar-refractivity contribution in [2.75, 3.05) is 6.54 Å². The van der Waals surface area contributed by atoms with Crippen LogP contribution >= 0.6 is 0 Å². The van der Waals surface area contributed by atoms with Crippen LogP contribution in [-0.2, 0) is 4.79 Å². The summed E-state index contributed by atoms with van der Waals surface area (Å²) in [6, 6.07) is 0.578. The molecule has 2 atom stereocenters. The average molecular weight is 184 g/mol. The summed E-state index contributed by atoms with van der Waals surface area (Å²) in [6.45, 7) is 7.13. The third kappa shape index (κ3) is 2.99. The molecule has 0 bridgehead atoms. The predicted octanol–water partition coefficient (Wildman–Crippen LogP) is 0.899. The lowest BCUT2D eigenvalue weighted by Crippen LogP contribution is -2.48. The van der Waals surface area contributed by atoms with E-state index in [2.05, 4.69) is 17.6 Å². The van der Waals surface area contributed by atoms with Crippen LogP contribution in [0.3, 0.4) is 0 Å². The van der Waals surface area contributed by atoms with E-state index in [0.29, 0.717) is 6.04 Å². The van der Waals surface area contributed by atoms with Crippen molar-refractivity contribution in [3.63, 3.8) is 0 Å². The fourth-order valence-electron chi connectivity index (χ4n) is 1.79. The minimum atomic E-state index is 0.163. The maximum absolute atomic E-state index is 11.7. The summed E-state index contributed by atoms with van der Waals surface area (Å²) in [6.07, 6.45) is 2.13. The first kappa shape index (κ1) is 10.5. The molecule has 0 aromatic rings. The molecule has 76 valence electrons. The van der Waals surface area contributed by atoms with Crippen molar-refractivity contribution < 1.29 is 4.79 Å². The van der Waals surface area contributed by atoms with E-state index in [1.165, 1.54) is 0 Å². The van der Waals surface area contributed by atoms with Crippen molar-refractivity contribution in [1.29, 1.82) is 0 Å². The van der Waals surface area contributed by atoms with E-state index in [1.54, 1.807) is 0 Å². The Labute approximate surface area is 80.3 Å². The molecule has 0 radical (unpaired) electrons. The molecule has 1 saturated heterocycles. The predicted molar refractivity (Wildman–Crippen MR) is 53.5 cm³/mol. The van der Waals surface area contributed by atoms with Crippen LogP contribution in [0.2, 0.25) is 0 Å². The maximum Gasteiger partial charge on any atom is 0.224 e. The molecule has 3 nitrogen and oxygen atoms in total. The number of piperidine rings is 1. The summed E-state index contributed by atoms with van der Waals surface area (Å²) in [5, 5.41) is 6.29. The van der Waals surface area contributed by atoms with E-state index < -0.39 is 0 Å². The molecular formula is C10H20N2O. The number of amides is 1. The van der Waals surface area contributed by atoms with Crippen molar-refractivity contribution in [3.05, 3.63) is 0 Å². The SMILES string of the molecule is CC(C)NC(=O)[C@H]1CCCN[C@H]1C. The lowest BCUT2D eigenvalue weighted by atomic mass is 9.91. The second-order valence-corrected chi connectivity index (χ2v) is 4.15. The molecule has 1 heterocycles. The second kappa shape index (κ2) is 4.61. The van der Waals surface area contributed by atoms with E-state index in [9.17, 15) is 4.79 Å². The summed E-state index contributed by atoms with van der Waals surface area (Å²) in [7, 11) is 0. The van der Waals surface area contributed by atoms with E-state index in [4.69, 9.17) is 0 Å². The zero-order chi connectivity index (χ0) is 9.84. The summed E-state index contributed by atoms with van der Waals surface area (Å²) in [5.41, 5.74) is 0. The highest BCUT2D eigenvalue weighted by Crippen LogP contribution is 2.16. The molecular weight excluding hydrogens is 164 g/mol. The van der Waals surface area contributed by atoms with Crippen LogP contribution in [-0.4, -0.2) is 24.5 Å². The van der Waals surface area contributed by atoms with Crippen molar-refractivity contribution in [1.82, 2.24) is 10.6 Å². The highest BCUT2D eigenvalue weighted by atomic mass is 16.2. The molecule has 3 heteroatoms. The van der Waals surface area contributed by atoms with Crippen molar-refractivity contribution >= 4 is 5.91 Å². The van der Waals surface area contributed by atoms with Gasteiger partial charge in [-0.1, -0.05) is 0 Å². The number of rotatable bonds is 2. The van der Waals surface area contributed by atoms with Gasteiger partial charge in [0, 0.05) is 12.1 Å². The lowest BCUT2D eigenvalue weighted by Gasteiger charge is -2.29. The summed E-state index contributed by atoms with van der Waals surface area (Å²) < 4.78 is 0. The molecule has 0 spiro atoms. The van der Waals surface area contributed by atoms with Crippen LogP contribution < -0.4 is 10.6 Å². The Morgan fingerprint density at radius 2 is 2.23 bits per heavy atom. The number of carbonyl (C=O) groups is 1. The van der Waals surface area contributed by atoms with Crippen LogP contribution in [0, 0.1) is 5.92 Å². The smallest absolute Gasteiger partial charge is 0.224 e. The van der Waals surface area contributed by atoms with Crippen LogP contribution in [0.1, 0.15) is 33.6 Å². The maximum atomic E-state index is 11.7. The van der Waals surface area contributed by atoms with Gasteiger partial charge in [0.05, 0.1) is 5.92 Å². The van der Waals surface area contributed by atoms with Crippen LogP contribution in [0.15, 0.2) is 0 Å². The van der Waals surface area contributed by atoms with Crippen LogP contribution in [0.25, 0.3) is 0 Å². The van der Waals surface area contributed by atoms with Crippen molar-refractivity contribution in [2.24, 2.45) is 5.92 Å². The Morgan fingerprint density at radius 1 is 1.54 bits per heavy atom. The van der Waals surface area contributed by atoms with Gasteiger partial charge in [0.2, 0.25) is 5.91 Å². The summed E-state index contributed by atoms with van der Waals surface area (Å²) in [4.78, 5) is 11.7. The van der Waals surface area contributed by atoms with E-state index >= 15 is 0 Å². The molecule has 2 N–H and O–H groups in total. The number of nitrogens with one attached hydrogen (secondary N) is 2. The van der Waals surface area contributed by atoms with Crippen molar-refractivity contribution in [3.8, 4) is 0 Å². The normalized spacial score (nSPS) is 28.9. The molecule has 0 aromatic carbocycles. The number of hydrogen-bond acceptors (Lipinski definition) is 2. The Morgan fingerprint density at radius 3 is 2.77 bits per heavy atom. The van der Waals surface area contributed by atoms with Gasteiger partial charge in [0.25, 0.3) is 0 Å². The van der Waals surface area contributed by atoms with E-state index in [1.807, 2.05) is 13.8 Å². The van der Waals surface area contributed by atoms with Gasteiger partial charge in [0.1, 0.15) is 0 Å². The number of carbonyl (C=O) groups excluding carboxylic acids is 1. The zero-order valence-corrected chi connectivity index (χ0v) is 8.76. The highest BCUT2D eigenvalue weighted by Gasteiger charge is 2.27. The molecule has 1 aliphatic heterocycles. The van der Waals surface area contributed by atoms with Crippen molar-refractivity contribution in [2.45, 2.75) is 45.7 Å². The lowest BCUT2D eigenvalue weighted by molar-refractivity contribution is -0.127. The van der Waals surface area contributed by atoms with Gasteiger partial charge in [-0.3, -0.25) is 4.79 Å². The Balaban J connectivity index is 2.44. The first-order valence-corrected chi connectivity index (χ1v) is 5.15. The molecule has 0 unspecified atom stereocenters. The van der Waals surface area contributed by atoms with Gasteiger partial charge in [-0.2, -0.15) is 0 Å². The third-order valence-corrected chi connectivity index (χ3v) is 2.53. The second-order valence-electron chi connectivity index (χ2n) is 4.15. The van der Waals surface area contributed by atoms with Gasteiger partial charge in [-0.15, -0.1) is 0 Å². The van der Waals surface area contributed by atoms with Gasteiger partial charge in [-0.05, 0) is 40.2 Å². The molecule has 1 amide bonds. The zero-order valence-electron chi connectivity index (χ0n) is 8.76. The van der Waals surface area contributed by atoms with E-state index in [0.717, 1.165) is 19.4 Å². The molecule has 0 aliphatic carbocycles. The molecule has 1 aliphatic rings. The molecule has 0 saturated carbocycles. The largest absolute Gasteiger partial charge is 0.354 e. The molecule has 0 aromatic heterocycles. The molecule has 1 rings (SSSR count). The average Bonchev–Trinajstić information content (AvgIpc) is 2.03. The molecule has 1 fully saturated rings. The topological polar surface area (TPSA) is 41.1 Å². The monoisotopic (exact) mass is 184 g/mol. The van der Waals surface area contributed by atoms with Gasteiger partial charge in [-0.25, -0.2) is 0 Å². The standard InChI is InChI=1S/C10H20N2O/c1-7(2)12-10(13)9-5-4-6-11-8(9)3/h7-9,11H,4-6H2,1-3H3,(H,12,13)/t8-,9-/m0/s1. The fourth-order valence-corrected chi connectivity index (χ4v) is 1.79. The van der Waals surface area contributed by atoms with Gasteiger partial charge in [0.15, 0.2) is 0 Å². The first-order chi connectivity index (χ1) is 6.11. The number of hydrogen-bond donors (Lipinski definition) is 2. The summed E-state index contributed by atoms with van der Waals surface area (Å²) >= 11 is 0. The minimum absolute atomic E-state index is 0.163. The first-order valence-electron chi connectivity index (χ1n) is 5.15. The Hall–Kier alpha value is -0.570. The van der Waals surface area contributed by atoms with Gasteiger partial charge >= 0.3 is 0 Å². The van der Waals surface area contributed by atoms with E-state index in [-0.39, 0.29) is 17.9 Å². The highest BCUT2D eigenvalue weighted by molar-refractivity contribution is 5.79. The summed E-state index contributed by atoms with van der Waals surface area (Å²) in [5.74, 6) is 0.367. The quantitative estimate of drug-likeness (QED) is 0.669. The Kier molecular flexibility index (Phi) is 3.72. The minimum Gasteiger partial charge on any atom is -0.354 e. The molecule has 13 heavy (non-hydrogen) atoms. The van der Waals surface area contributed by atoms with Crippen LogP contribution in [0.5, 0.6) is 0 Å².